The summed E-state index contributed by atoms with van der Waals surface area (Å²) in [5.41, 5.74) is -0.590. The number of alkyl halides is 3. The maximum atomic E-state index is 13.0. The van der Waals surface area contributed by atoms with Crippen molar-refractivity contribution in [2.45, 2.75) is 12.6 Å². The Kier molecular flexibility index (Phi) is 5.15. The molecule has 0 spiro atoms. The Hall–Kier alpha value is -3.43. The molecule has 1 fully saturated rings. The molecule has 2 aliphatic rings. The lowest BCUT2D eigenvalue weighted by molar-refractivity contribution is -0.136. The second-order valence-corrected chi connectivity index (χ2v) is 6.99. The first-order chi connectivity index (χ1) is 14.3. The molecular formula is C20H18F3N3O4. The van der Waals surface area contributed by atoms with E-state index in [1.807, 2.05) is 0 Å². The van der Waals surface area contributed by atoms with Crippen molar-refractivity contribution in [2.24, 2.45) is 5.92 Å². The molecule has 1 atom stereocenters. The van der Waals surface area contributed by atoms with Crippen LogP contribution in [0.5, 0.6) is 11.5 Å². The highest BCUT2D eigenvalue weighted by Crippen LogP contribution is 2.37. The standard InChI is InChI=1S/C20H18F3N3O4/c21-20(22,23)14-3-1-2-4-15(14)25-19(28)24-9-12-7-18(27)26(10-12)13-5-6-16-17(8-13)30-11-29-16/h1-6,8,12H,7,9-11H2,(H2,24,25,28)/t12-/m1/s1. The molecule has 2 aliphatic heterocycles. The minimum atomic E-state index is -4.58. The second-order valence-electron chi connectivity index (χ2n) is 6.99. The third-order valence-corrected chi connectivity index (χ3v) is 4.90. The van der Waals surface area contributed by atoms with Gasteiger partial charge in [-0.3, -0.25) is 4.79 Å². The minimum Gasteiger partial charge on any atom is -0.454 e. The topological polar surface area (TPSA) is 79.9 Å². The summed E-state index contributed by atoms with van der Waals surface area (Å²) < 4.78 is 49.7. The summed E-state index contributed by atoms with van der Waals surface area (Å²) in [5.74, 6) is 0.888. The number of urea groups is 1. The van der Waals surface area contributed by atoms with E-state index >= 15 is 0 Å². The van der Waals surface area contributed by atoms with Crippen LogP contribution >= 0.6 is 0 Å². The number of carbonyl (C=O) groups excluding carboxylic acids is 2. The zero-order valence-corrected chi connectivity index (χ0v) is 15.7. The predicted octanol–water partition coefficient (Wildman–Crippen LogP) is 3.61. The lowest BCUT2D eigenvalue weighted by atomic mass is 10.1. The second kappa shape index (κ2) is 7.77. The molecule has 0 bridgehead atoms. The smallest absolute Gasteiger partial charge is 0.418 e. The zero-order chi connectivity index (χ0) is 21.3. The molecule has 0 aromatic heterocycles. The van der Waals surface area contributed by atoms with E-state index in [4.69, 9.17) is 9.47 Å². The molecule has 158 valence electrons. The summed E-state index contributed by atoms with van der Waals surface area (Å²) in [6.07, 6.45) is -4.36. The number of benzene rings is 2. The van der Waals surface area contributed by atoms with Crippen molar-refractivity contribution in [1.29, 1.82) is 0 Å². The Balaban J connectivity index is 1.34. The lowest BCUT2D eigenvalue weighted by Crippen LogP contribution is -2.34. The predicted molar refractivity (Wildman–Crippen MR) is 101 cm³/mol. The van der Waals surface area contributed by atoms with Crippen molar-refractivity contribution in [3.63, 3.8) is 0 Å². The SMILES string of the molecule is O=C(NC[C@H]1CC(=O)N(c2ccc3c(c2)OCO3)C1)Nc1ccccc1C(F)(F)F. The van der Waals surface area contributed by atoms with Crippen LogP contribution in [0.15, 0.2) is 42.5 Å². The van der Waals surface area contributed by atoms with Gasteiger partial charge in [-0.05, 0) is 24.3 Å². The van der Waals surface area contributed by atoms with Crippen LogP contribution in [0.2, 0.25) is 0 Å². The Morgan fingerprint density at radius 3 is 2.70 bits per heavy atom. The number of anilines is 2. The summed E-state index contributed by atoms with van der Waals surface area (Å²) in [7, 11) is 0. The van der Waals surface area contributed by atoms with E-state index in [0.717, 1.165) is 6.07 Å². The van der Waals surface area contributed by atoms with Crippen LogP contribution in [-0.4, -0.2) is 31.8 Å². The van der Waals surface area contributed by atoms with Crippen molar-refractivity contribution >= 4 is 23.3 Å². The summed E-state index contributed by atoms with van der Waals surface area (Å²) in [5, 5.41) is 4.77. The van der Waals surface area contributed by atoms with Crippen molar-refractivity contribution in [3.05, 3.63) is 48.0 Å². The Labute approximate surface area is 169 Å². The number of amides is 3. The number of nitrogens with one attached hydrogen (secondary N) is 2. The number of hydrogen-bond donors (Lipinski definition) is 2. The quantitative estimate of drug-likeness (QED) is 0.791. The highest BCUT2D eigenvalue weighted by atomic mass is 19.4. The number of ether oxygens (including phenoxy) is 2. The van der Waals surface area contributed by atoms with Gasteiger partial charge in [-0.15, -0.1) is 0 Å². The van der Waals surface area contributed by atoms with Gasteiger partial charge in [-0.2, -0.15) is 13.2 Å². The van der Waals surface area contributed by atoms with Crippen LogP contribution in [0, 0.1) is 5.92 Å². The van der Waals surface area contributed by atoms with Gasteiger partial charge in [-0.1, -0.05) is 12.1 Å². The molecule has 0 radical (unpaired) electrons. The molecule has 0 unspecified atom stereocenters. The molecule has 1 saturated heterocycles. The van der Waals surface area contributed by atoms with Crippen LogP contribution in [0.4, 0.5) is 29.3 Å². The van der Waals surface area contributed by atoms with E-state index in [-0.39, 0.29) is 37.3 Å². The van der Waals surface area contributed by atoms with Crippen LogP contribution in [0.25, 0.3) is 0 Å². The first-order valence-corrected chi connectivity index (χ1v) is 9.22. The molecule has 7 nitrogen and oxygen atoms in total. The number of fused-ring (bicyclic) bond motifs is 1. The fourth-order valence-corrected chi connectivity index (χ4v) is 3.46. The summed E-state index contributed by atoms with van der Waals surface area (Å²) in [6, 6.07) is 9.17. The van der Waals surface area contributed by atoms with E-state index in [9.17, 15) is 22.8 Å². The van der Waals surface area contributed by atoms with Crippen LogP contribution < -0.4 is 25.0 Å². The molecule has 0 aliphatic carbocycles. The van der Waals surface area contributed by atoms with Crippen molar-refractivity contribution < 1.29 is 32.2 Å². The Morgan fingerprint density at radius 1 is 1.13 bits per heavy atom. The molecular weight excluding hydrogens is 403 g/mol. The summed E-state index contributed by atoms with van der Waals surface area (Å²) >= 11 is 0. The molecule has 2 aromatic carbocycles. The summed E-state index contributed by atoms with van der Waals surface area (Å²) in [4.78, 5) is 26.1. The average Bonchev–Trinajstić information content (AvgIpc) is 3.31. The first kappa shape index (κ1) is 19.9. The van der Waals surface area contributed by atoms with Crippen LogP contribution in [0.3, 0.4) is 0 Å². The molecule has 2 heterocycles. The number of nitrogens with zero attached hydrogens (tertiary/aromatic N) is 1. The summed E-state index contributed by atoms with van der Waals surface area (Å²) in [6.45, 7) is 0.649. The van der Waals surface area contributed by atoms with Gasteiger partial charge >= 0.3 is 12.2 Å². The van der Waals surface area contributed by atoms with Gasteiger partial charge in [0, 0.05) is 37.2 Å². The Bertz CT molecular complexity index is 980. The highest BCUT2D eigenvalue weighted by molar-refractivity contribution is 5.96. The largest absolute Gasteiger partial charge is 0.454 e. The number of hydrogen-bond acceptors (Lipinski definition) is 4. The van der Waals surface area contributed by atoms with E-state index in [0.29, 0.717) is 23.7 Å². The normalized spacial score (nSPS) is 17.9. The number of halogens is 3. The number of rotatable bonds is 4. The van der Waals surface area contributed by atoms with E-state index in [2.05, 4.69) is 10.6 Å². The molecule has 2 N–H and O–H groups in total. The van der Waals surface area contributed by atoms with E-state index < -0.39 is 17.8 Å². The molecule has 4 rings (SSSR count). The molecule has 0 saturated carbocycles. The lowest BCUT2D eigenvalue weighted by Gasteiger charge is -2.18. The molecule has 3 amide bonds. The van der Waals surface area contributed by atoms with Crippen LogP contribution in [0.1, 0.15) is 12.0 Å². The van der Waals surface area contributed by atoms with Crippen molar-refractivity contribution in [3.8, 4) is 11.5 Å². The molecule has 2 aromatic rings. The highest BCUT2D eigenvalue weighted by Gasteiger charge is 2.34. The van der Waals surface area contributed by atoms with Crippen molar-refractivity contribution in [2.75, 3.05) is 30.1 Å². The molecule has 10 heteroatoms. The van der Waals surface area contributed by atoms with Crippen LogP contribution in [-0.2, 0) is 11.0 Å². The maximum absolute atomic E-state index is 13.0. The maximum Gasteiger partial charge on any atom is 0.418 e. The third-order valence-electron chi connectivity index (χ3n) is 4.90. The van der Waals surface area contributed by atoms with Gasteiger partial charge < -0.3 is 25.0 Å². The van der Waals surface area contributed by atoms with Gasteiger partial charge in [0.05, 0.1) is 11.3 Å². The zero-order valence-electron chi connectivity index (χ0n) is 15.7. The Morgan fingerprint density at radius 2 is 1.90 bits per heavy atom. The third kappa shape index (κ3) is 4.12. The average molecular weight is 421 g/mol. The van der Waals surface area contributed by atoms with E-state index in [1.54, 1.807) is 23.1 Å². The molecule has 30 heavy (non-hydrogen) atoms. The van der Waals surface area contributed by atoms with Gasteiger partial charge in [0.2, 0.25) is 12.7 Å². The van der Waals surface area contributed by atoms with Gasteiger partial charge in [0.15, 0.2) is 11.5 Å². The van der Waals surface area contributed by atoms with Gasteiger partial charge in [-0.25, -0.2) is 4.79 Å². The van der Waals surface area contributed by atoms with Gasteiger partial charge in [0.1, 0.15) is 0 Å². The van der Waals surface area contributed by atoms with E-state index in [1.165, 1.54) is 18.2 Å². The van der Waals surface area contributed by atoms with Crippen molar-refractivity contribution in [1.82, 2.24) is 5.32 Å². The number of para-hydroxylation sites is 1. The fourth-order valence-electron chi connectivity index (χ4n) is 3.46. The monoisotopic (exact) mass is 421 g/mol. The minimum absolute atomic E-state index is 0.108. The number of carbonyl (C=O) groups is 2. The van der Waals surface area contributed by atoms with Gasteiger partial charge in [0.25, 0.3) is 0 Å². The first-order valence-electron chi connectivity index (χ1n) is 9.22. The fraction of sp³-hybridized carbons (Fsp3) is 0.300.